The van der Waals surface area contributed by atoms with E-state index in [-0.39, 0.29) is 11.5 Å². The molecule has 5 nitrogen and oxygen atoms in total. The van der Waals surface area contributed by atoms with E-state index in [2.05, 4.69) is 55.8 Å². The second-order valence-electron chi connectivity index (χ2n) is 8.38. The molecule has 1 saturated heterocycles. The highest BCUT2D eigenvalue weighted by Gasteiger charge is 2.36. The van der Waals surface area contributed by atoms with Crippen LogP contribution in [-0.2, 0) is 6.42 Å². The Morgan fingerprint density at radius 1 is 1.11 bits per heavy atom. The number of fused-ring (bicyclic) bond motifs is 1. The normalized spacial score (nSPS) is 23.4. The molecule has 144 valence electrons. The zero-order valence-corrected chi connectivity index (χ0v) is 16.8. The molecule has 0 radical (unpaired) electrons. The van der Waals surface area contributed by atoms with Gasteiger partial charge in [-0.05, 0) is 75.4 Å². The summed E-state index contributed by atoms with van der Waals surface area (Å²) in [5.41, 5.74) is 4.95. The average molecular weight is 367 g/mol. The molecular formula is C22H29N3O2. The van der Waals surface area contributed by atoms with Crippen molar-refractivity contribution in [1.29, 1.82) is 0 Å². The number of nitrogens with zero attached hydrogens (tertiary/aromatic N) is 3. The maximum atomic E-state index is 5.66. The molecule has 2 aliphatic rings. The zero-order chi connectivity index (χ0) is 19.0. The van der Waals surface area contributed by atoms with Crippen LogP contribution in [0.15, 0.2) is 24.3 Å². The maximum absolute atomic E-state index is 5.66. The second-order valence-corrected chi connectivity index (χ2v) is 8.38. The lowest BCUT2D eigenvalue weighted by Gasteiger charge is -2.29. The average Bonchev–Trinajstić information content (AvgIpc) is 3.01. The van der Waals surface area contributed by atoms with Crippen molar-refractivity contribution in [2.45, 2.75) is 46.6 Å². The Kier molecular flexibility index (Phi) is 4.81. The van der Waals surface area contributed by atoms with Gasteiger partial charge < -0.3 is 9.47 Å². The third-order valence-corrected chi connectivity index (χ3v) is 5.76. The second kappa shape index (κ2) is 7.12. The van der Waals surface area contributed by atoms with Gasteiger partial charge in [0.05, 0.1) is 5.69 Å². The molecule has 0 bridgehead atoms. The van der Waals surface area contributed by atoms with Crippen molar-refractivity contribution < 1.29 is 9.47 Å². The lowest BCUT2D eigenvalue weighted by Crippen LogP contribution is -2.29. The quantitative estimate of drug-likeness (QED) is 0.821. The zero-order valence-electron chi connectivity index (χ0n) is 16.8. The highest BCUT2D eigenvalue weighted by Crippen LogP contribution is 2.38. The number of hydrogen-bond acceptors (Lipinski definition) is 5. The van der Waals surface area contributed by atoms with Crippen molar-refractivity contribution in [3.63, 3.8) is 0 Å². The van der Waals surface area contributed by atoms with Gasteiger partial charge in [0.25, 0.3) is 5.88 Å². The molecule has 0 amide bonds. The fourth-order valence-electron chi connectivity index (χ4n) is 4.42. The summed E-state index contributed by atoms with van der Waals surface area (Å²) in [5.74, 6) is 1.39. The summed E-state index contributed by atoms with van der Waals surface area (Å²) in [5, 5.41) is 0. The molecule has 4 heterocycles. The number of rotatable bonds is 4. The molecular weight excluding hydrogens is 338 g/mol. The summed E-state index contributed by atoms with van der Waals surface area (Å²) in [6.45, 7) is 12.1. The van der Waals surface area contributed by atoms with Crippen molar-refractivity contribution in [3.05, 3.63) is 46.9 Å². The van der Waals surface area contributed by atoms with E-state index in [0.29, 0.717) is 19.1 Å². The van der Waals surface area contributed by atoms with Crippen LogP contribution in [0.1, 0.15) is 49.0 Å². The lowest BCUT2D eigenvalue weighted by atomic mass is 9.83. The molecule has 0 aromatic carbocycles. The largest absolute Gasteiger partial charge is 0.484 e. The van der Waals surface area contributed by atoms with Crippen molar-refractivity contribution in [3.8, 4) is 11.6 Å². The Balaban J connectivity index is 1.46. The minimum absolute atomic E-state index is 0.267. The lowest BCUT2D eigenvalue weighted by molar-refractivity contribution is 0.161. The minimum Gasteiger partial charge on any atom is -0.484 e. The number of aromatic nitrogens is 2. The molecule has 2 atom stereocenters. The van der Waals surface area contributed by atoms with Crippen molar-refractivity contribution >= 4 is 0 Å². The van der Waals surface area contributed by atoms with Crippen LogP contribution in [0.5, 0.6) is 11.6 Å². The van der Waals surface area contributed by atoms with Crippen LogP contribution in [-0.4, -0.2) is 41.2 Å². The smallest absolute Gasteiger partial charge is 0.257 e. The Morgan fingerprint density at radius 2 is 1.85 bits per heavy atom. The van der Waals surface area contributed by atoms with Gasteiger partial charge in [0.2, 0.25) is 0 Å². The molecule has 1 fully saturated rings. The predicted molar refractivity (Wildman–Crippen MR) is 105 cm³/mol. The van der Waals surface area contributed by atoms with Crippen LogP contribution in [0.2, 0.25) is 0 Å². The fourth-order valence-corrected chi connectivity index (χ4v) is 4.42. The van der Waals surface area contributed by atoms with Crippen LogP contribution >= 0.6 is 0 Å². The highest BCUT2D eigenvalue weighted by molar-refractivity contribution is 5.36. The molecule has 2 aromatic rings. The van der Waals surface area contributed by atoms with Gasteiger partial charge in [-0.15, -0.1) is 0 Å². The molecule has 27 heavy (non-hydrogen) atoms. The van der Waals surface area contributed by atoms with Gasteiger partial charge in [0, 0.05) is 24.0 Å². The van der Waals surface area contributed by atoms with E-state index in [0.717, 1.165) is 42.3 Å². The van der Waals surface area contributed by atoms with Crippen molar-refractivity contribution in [2.24, 2.45) is 5.41 Å². The van der Waals surface area contributed by atoms with E-state index in [9.17, 15) is 0 Å². The Morgan fingerprint density at radius 3 is 2.63 bits per heavy atom. The number of ether oxygens (including phenoxy) is 2. The van der Waals surface area contributed by atoms with E-state index in [1.54, 1.807) is 0 Å². The van der Waals surface area contributed by atoms with Crippen LogP contribution in [0.3, 0.4) is 0 Å². The number of aryl methyl sites for hydroxylation is 2. The number of hydrogen-bond donors (Lipinski definition) is 0. The van der Waals surface area contributed by atoms with Gasteiger partial charge in [-0.2, -0.15) is 0 Å². The highest BCUT2D eigenvalue weighted by atomic mass is 16.6. The SMILES string of the molecule is Cc1cc(CC2(C)CCN(C(C)c3ccc4c(n3)OCCO4)C2)cc(C)n1. The standard InChI is InChI=1S/C22H29N3O2/c1-15-11-18(12-16(2)23-15)13-22(4)7-8-25(14-22)17(3)19-5-6-20-21(24-19)27-10-9-26-20/h5-6,11-12,17H,7-10,13-14H2,1-4H3. The van der Waals surface area contributed by atoms with Crippen LogP contribution < -0.4 is 9.47 Å². The van der Waals surface area contributed by atoms with Gasteiger partial charge >= 0.3 is 0 Å². The van der Waals surface area contributed by atoms with E-state index in [1.165, 1.54) is 12.0 Å². The van der Waals surface area contributed by atoms with E-state index in [1.807, 2.05) is 6.07 Å². The molecule has 4 rings (SSSR count). The molecule has 0 saturated carbocycles. The molecule has 2 unspecified atom stereocenters. The third kappa shape index (κ3) is 3.93. The Bertz CT molecular complexity index is 818. The molecule has 0 aliphatic carbocycles. The molecule has 0 N–H and O–H groups in total. The predicted octanol–water partition coefficient (Wildman–Crippen LogP) is 3.88. The Labute approximate surface area is 161 Å². The monoisotopic (exact) mass is 367 g/mol. The summed E-state index contributed by atoms with van der Waals surface area (Å²) >= 11 is 0. The summed E-state index contributed by atoms with van der Waals surface area (Å²) in [7, 11) is 0. The first-order valence-corrected chi connectivity index (χ1v) is 9.87. The van der Waals surface area contributed by atoms with E-state index < -0.39 is 0 Å². The van der Waals surface area contributed by atoms with Gasteiger partial charge in [-0.1, -0.05) is 6.92 Å². The van der Waals surface area contributed by atoms with Crippen molar-refractivity contribution in [1.82, 2.24) is 14.9 Å². The molecule has 2 aromatic heterocycles. The summed E-state index contributed by atoms with van der Waals surface area (Å²) in [6.07, 6.45) is 2.29. The molecule has 5 heteroatoms. The van der Waals surface area contributed by atoms with Crippen molar-refractivity contribution in [2.75, 3.05) is 26.3 Å². The third-order valence-electron chi connectivity index (χ3n) is 5.76. The molecule has 2 aliphatic heterocycles. The first-order chi connectivity index (χ1) is 12.9. The topological polar surface area (TPSA) is 47.5 Å². The maximum Gasteiger partial charge on any atom is 0.257 e. The minimum atomic E-state index is 0.267. The number of pyridine rings is 2. The van der Waals surface area contributed by atoms with Gasteiger partial charge in [-0.25, -0.2) is 4.98 Å². The fraction of sp³-hybridized carbons (Fsp3) is 0.545. The van der Waals surface area contributed by atoms with E-state index in [4.69, 9.17) is 14.5 Å². The Hall–Kier alpha value is -2.14. The van der Waals surface area contributed by atoms with Crippen LogP contribution in [0.4, 0.5) is 0 Å². The van der Waals surface area contributed by atoms with Gasteiger partial charge in [-0.3, -0.25) is 9.88 Å². The summed E-state index contributed by atoms with van der Waals surface area (Å²) in [6, 6.07) is 8.79. The summed E-state index contributed by atoms with van der Waals surface area (Å²) in [4.78, 5) is 11.8. The van der Waals surface area contributed by atoms with Crippen LogP contribution in [0.25, 0.3) is 0 Å². The summed E-state index contributed by atoms with van der Waals surface area (Å²) < 4.78 is 11.3. The first kappa shape index (κ1) is 18.2. The number of likely N-dealkylation sites (tertiary alicyclic amines) is 1. The first-order valence-electron chi connectivity index (χ1n) is 9.87. The van der Waals surface area contributed by atoms with Gasteiger partial charge in [0.1, 0.15) is 13.2 Å². The molecule has 0 spiro atoms. The van der Waals surface area contributed by atoms with E-state index >= 15 is 0 Å². The van der Waals surface area contributed by atoms with Gasteiger partial charge in [0.15, 0.2) is 5.75 Å². The van der Waals surface area contributed by atoms with Crippen LogP contribution in [0, 0.1) is 19.3 Å².